The molecule has 220 valence electrons. The first-order chi connectivity index (χ1) is 17.6. The van der Waals surface area contributed by atoms with Crippen LogP contribution in [0.2, 0.25) is 0 Å². The summed E-state index contributed by atoms with van der Waals surface area (Å²) in [5, 5.41) is 21.8. The summed E-state index contributed by atoms with van der Waals surface area (Å²) in [6.45, 7) is 0.807. The van der Waals surface area contributed by atoms with E-state index in [2.05, 4.69) is 0 Å². The molecule has 0 heterocycles. The normalized spacial score (nSPS) is 13.7. The number of allylic oxidation sites excluding steroid dienone is 1. The van der Waals surface area contributed by atoms with Crippen LogP contribution in [0.5, 0.6) is 0 Å². The molecule has 38 heavy (non-hydrogen) atoms. The lowest BCUT2D eigenvalue weighted by molar-refractivity contribution is -0.873. The van der Waals surface area contributed by atoms with Crippen molar-refractivity contribution in [2.24, 2.45) is 0 Å². The topological polar surface area (TPSA) is 133 Å². The van der Waals surface area contributed by atoms with Crippen LogP contribution in [0.1, 0.15) is 77.0 Å². The van der Waals surface area contributed by atoms with Crippen molar-refractivity contribution >= 4 is 23.9 Å². The van der Waals surface area contributed by atoms with Gasteiger partial charge in [-0.15, -0.1) is 0 Å². The summed E-state index contributed by atoms with van der Waals surface area (Å²) in [6.07, 6.45) is 10.1. The number of hydrogen-bond acceptors (Lipinski definition) is 8. The minimum atomic E-state index is -1.24. The molecule has 0 aliphatic carbocycles. The molecule has 2 atom stereocenters. The van der Waals surface area contributed by atoms with Crippen molar-refractivity contribution in [1.29, 1.82) is 0 Å². The lowest BCUT2D eigenvalue weighted by Gasteiger charge is -2.29. The molecule has 0 aromatic rings. The number of nitrogens with zero attached hydrogens (tertiary/aromatic N) is 2. The first kappa shape index (κ1) is 35.5. The Labute approximate surface area is 228 Å². The highest BCUT2D eigenvalue weighted by Gasteiger charge is 2.23. The number of hydrogen-bond donors (Lipinski definition) is 0. The van der Waals surface area contributed by atoms with Gasteiger partial charge in [0, 0.05) is 37.3 Å². The summed E-state index contributed by atoms with van der Waals surface area (Å²) in [5.41, 5.74) is 0. The van der Waals surface area contributed by atoms with Gasteiger partial charge in [-0.3, -0.25) is 4.79 Å². The van der Waals surface area contributed by atoms with E-state index in [1.54, 1.807) is 6.08 Å². The first-order valence-corrected chi connectivity index (χ1v) is 13.6. The maximum atomic E-state index is 12.1. The van der Waals surface area contributed by atoms with Gasteiger partial charge >= 0.3 is 11.9 Å². The number of likely N-dealkylation sites (N-methyl/N-ethyl adjacent to an activating group) is 2. The van der Waals surface area contributed by atoms with Crippen molar-refractivity contribution in [2.75, 3.05) is 55.4 Å². The standard InChI is InChI=1S/C28H50N2O8/c1-29(2,3)21-23(19-25(31)32)37-27(35)17-15-13-11-9-7-8-10-12-14-16-18-28(36)38-24(20-26(33)34)22-30(4,5)6/h15,17,23-24H,7-14,16,18-22H2,1-6H3. The van der Waals surface area contributed by atoms with Crippen LogP contribution in [0.25, 0.3) is 0 Å². The van der Waals surface area contributed by atoms with E-state index in [0.29, 0.717) is 28.5 Å². The van der Waals surface area contributed by atoms with Crippen molar-refractivity contribution in [3.8, 4) is 0 Å². The first-order valence-electron chi connectivity index (χ1n) is 13.6. The second kappa shape index (κ2) is 18.7. The third-order valence-corrected chi connectivity index (χ3v) is 5.63. The van der Waals surface area contributed by atoms with Gasteiger partial charge < -0.3 is 38.2 Å². The Morgan fingerprint density at radius 3 is 1.53 bits per heavy atom. The van der Waals surface area contributed by atoms with Gasteiger partial charge in [0.15, 0.2) is 12.2 Å². The molecular weight excluding hydrogens is 492 g/mol. The SMILES string of the molecule is C[N+](C)(C)CC(CC(=O)[O-])OC(=O)C=CCCCCCCCCCCC(=O)OC(CC(=O)[O-])C[N+](C)(C)C. The van der Waals surface area contributed by atoms with Crippen LogP contribution in [-0.2, 0) is 28.7 Å². The fourth-order valence-electron chi connectivity index (χ4n) is 4.10. The predicted octanol–water partition coefficient (Wildman–Crippen LogP) is 0.960. The number of unbranched alkanes of at least 4 members (excludes halogenated alkanes) is 8. The summed E-state index contributed by atoms with van der Waals surface area (Å²) in [6, 6.07) is 0. The molecule has 0 aromatic carbocycles. The molecule has 0 N–H and O–H groups in total. The van der Waals surface area contributed by atoms with Crippen molar-refractivity contribution in [1.82, 2.24) is 0 Å². The summed E-state index contributed by atoms with van der Waals surface area (Å²) in [4.78, 5) is 45.9. The Bertz CT molecular complexity index is 753. The van der Waals surface area contributed by atoms with Gasteiger partial charge in [0.25, 0.3) is 0 Å². The highest BCUT2D eigenvalue weighted by atomic mass is 16.5. The molecule has 0 fully saturated rings. The lowest BCUT2D eigenvalue weighted by atomic mass is 10.1. The maximum Gasteiger partial charge on any atom is 0.330 e. The van der Waals surface area contributed by atoms with Crippen molar-refractivity contribution < 1.29 is 47.8 Å². The molecule has 0 aromatic heterocycles. The molecule has 0 saturated carbocycles. The van der Waals surface area contributed by atoms with E-state index in [-0.39, 0.29) is 18.8 Å². The zero-order valence-corrected chi connectivity index (χ0v) is 24.4. The second-order valence-corrected chi connectivity index (χ2v) is 12.0. The molecule has 0 aliphatic rings. The second-order valence-electron chi connectivity index (χ2n) is 12.0. The van der Waals surface area contributed by atoms with Crippen LogP contribution in [-0.4, -0.2) is 100 Å². The molecule has 0 spiro atoms. The van der Waals surface area contributed by atoms with E-state index in [1.165, 1.54) is 6.08 Å². The minimum Gasteiger partial charge on any atom is -0.550 e. The average Bonchev–Trinajstić information content (AvgIpc) is 2.70. The smallest absolute Gasteiger partial charge is 0.330 e. The van der Waals surface area contributed by atoms with Gasteiger partial charge in [-0.05, 0) is 19.3 Å². The van der Waals surface area contributed by atoms with Crippen LogP contribution >= 0.6 is 0 Å². The highest BCUT2D eigenvalue weighted by Crippen LogP contribution is 2.13. The van der Waals surface area contributed by atoms with Gasteiger partial charge in [0.2, 0.25) is 0 Å². The Kier molecular flexibility index (Phi) is 17.5. The number of ether oxygens (including phenoxy) is 2. The summed E-state index contributed by atoms with van der Waals surface area (Å²) in [5.74, 6) is -3.34. The predicted molar refractivity (Wildman–Crippen MR) is 140 cm³/mol. The zero-order chi connectivity index (χ0) is 29.2. The maximum absolute atomic E-state index is 12.1. The van der Waals surface area contributed by atoms with Crippen molar-refractivity contribution in [2.45, 2.75) is 89.3 Å². The fourth-order valence-corrected chi connectivity index (χ4v) is 4.10. The number of aliphatic carboxylic acids is 2. The Balaban J connectivity index is 3.92. The van der Waals surface area contributed by atoms with Gasteiger partial charge in [0.1, 0.15) is 13.1 Å². The third-order valence-electron chi connectivity index (χ3n) is 5.63. The fraction of sp³-hybridized carbons (Fsp3) is 0.786. The van der Waals surface area contributed by atoms with E-state index in [9.17, 15) is 29.4 Å². The molecule has 0 amide bonds. The van der Waals surface area contributed by atoms with E-state index < -0.39 is 30.1 Å². The lowest BCUT2D eigenvalue weighted by Crippen LogP contribution is -2.45. The minimum absolute atomic E-state index is 0.289. The molecule has 0 bridgehead atoms. The summed E-state index contributed by atoms with van der Waals surface area (Å²) < 4.78 is 11.6. The Morgan fingerprint density at radius 2 is 1.08 bits per heavy atom. The Morgan fingerprint density at radius 1 is 0.658 bits per heavy atom. The van der Waals surface area contributed by atoms with Crippen LogP contribution in [0.15, 0.2) is 12.2 Å². The quantitative estimate of drug-likeness (QED) is 0.0855. The molecule has 0 rings (SSSR count). The number of carbonyl (C=O) groups is 4. The van der Waals surface area contributed by atoms with Crippen LogP contribution < -0.4 is 10.2 Å². The number of carboxylic acids is 2. The highest BCUT2D eigenvalue weighted by molar-refractivity contribution is 5.82. The zero-order valence-electron chi connectivity index (χ0n) is 24.4. The van der Waals surface area contributed by atoms with E-state index >= 15 is 0 Å². The van der Waals surface area contributed by atoms with E-state index in [1.807, 2.05) is 42.3 Å². The van der Waals surface area contributed by atoms with Gasteiger partial charge in [-0.25, -0.2) is 4.79 Å². The van der Waals surface area contributed by atoms with Gasteiger partial charge in [-0.1, -0.05) is 44.6 Å². The molecule has 2 unspecified atom stereocenters. The van der Waals surface area contributed by atoms with Crippen LogP contribution in [0.4, 0.5) is 0 Å². The average molecular weight is 543 g/mol. The molecule has 10 nitrogen and oxygen atoms in total. The number of carboxylic acid groups (broad SMARTS) is 2. The molecular formula is C28H50N2O8. The number of rotatable bonds is 22. The number of quaternary nitrogens is 2. The summed E-state index contributed by atoms with van der Waals surface area (Å²) in [7, 11) is 11.4. The van der Waals surface area contributed by atoms with Crippen molar-refractivity contribution in [3.05, 3.63) is 12.2 Å². The van der Waals surface area contributed by atoms with Crippen LogP contribution in [0, 0.1) is 0 Å². The van der Waals surface area contributed by atoms with Gasteiger partial charge in [-0.2, -0.15) is 0 Å². The molecule has 0 radical (unpaired) electrons. The molecule has 10 heteroatoms. The number of esters is 2. The largest absolute Gasteiger partial charge is 0.550 e. The Hall–Kier alpha value is -2.46. The van der Waals surface area contributed by atoms with Crippen molar-refractivity contribution in [3.63, 3.8) is 0 Å². The van der Waals surface area contributed by atoms with E-state index in [0.717, 1.165) is 57.8 Å². The van der Waals surface area contributed by atoms with Crippen LogP contribution in [0.3, 0.4) is 0 Å². The number of carbonyl (C=O) groups excluding carboxylic acids is 4. The molecule has 0 saturated heterocycles. The third kappa shape index (κ3) is 23.9. The monoisotopic (exact) mass is 542 g/mol. The summed E-state index contributed by atoms with van der Waals surface area (Å²) >= 11 is 0. The van der Waals surface area contributed by atoms with E-state index in [4.69, 9.17) is 9.47 Å². The molecule has 0 aliphatic heterocycles. The van der Waals surface area contributed by atoms with Gasteiger partial charge in [0.05, 0.1) is 42.3 Å².